The number of nitrogens with two attached hydrogens (primary N) is 1. The number of anilines is 1. The Balaban J connectivity index is 1.99. The van der Waals surface area contributed by atoms with E-state index in [1.54, 1.807) is 0 Å². The second kappa shape index (κ2) is 6.56. The van der Waals surface area contributed by atoms with Gasteiger partial charge in [-0.25, -0.2) is 13.2 Å². The van der Waals surface area contributed by atoms with E-state index in [-0.39, 0.29) is 5.13 Å². The summed E-state index contributed by atoms with van der Waals surface area (Å²) in [5.74, 6) is -1.71. The number of sulfonamides is 1. The number of carbonyl (C=O) groups excluding carboxylic acids is 2. The standard InChI is InChI=1S/C12H15F3N6O4S2/c13-12(14,15)11(20-27(24,25)10-19-18-8(16)26-10)7(22)21(9(23)17-11)6-4-2-1-3-5-6/h6,20H,1-5H2,(H2,16,18)(H,17,23). The van der Waals surface area contributed by atoms with Gasteiger partial charge in [-0.2, -0.15) is 17.9 Å². The number of carbonyl (C=O) groups is 2. The molecule has 1 saturated heterocycles. The van der Waals surface area contributed by atoms with Crippen LogP contribution in [0.5, 0.6) is 0 Å². The number of urea groups is 1. The average molecular weight is 428 g/mol. The van der Waals surface area contributed by atoms with Crippen molar-refractivity contribution in [3.8, 4) is 0 Å². The summed E-state index contributed by atoms with van der Waals surface area (Å²) in [7, 11) is -4.94. The summed E-state index contributed by atoms with van der Waals surface area (Å²) in [5, 5.41) is 7.61. The van der Waals surface area contributed by atoms with Crippen LogP contribution in [-0.4, -0.2) is 53.3 Å². The second-order valence-corrected chi connectivity index (χ2v) is 9.02. The van der Waals surface area contributed by atoms with Crippen molar-refractivity contribution in [2.75, 3.05) is 5.73 Å². The molecule has 2 aliphatic rings. The lowest BCUT2D eigenvalue weighted by molar-refractivity contribution is -0.198. The van der Waals surface area contributed by atoms with Crippen LogP contribution in [0.25, 0.3) is 0 Å². The molecule has 150 valence electrons. The van der Waals surface area contributed by atoms with Crippen molar-refractivity contribution < 1.29 is 31.2 Å². The molecule has 1 atom stereocenters. The lowest BCUT2D eigenvalue weighted by atomic mass is 9.94. The van der Waals surface area contributed by atoms with Gasteiger partial charge in [0.1, 0.15) is 0 Å². The number of hydrogen-bond acceptors (Lipinski definition) is 8. The topological polar surface area (TPSA) is 147 Å². The lowest BCUT2D eigenvalue weighted by Crippen LogP contribution is -2.69. The van der Waals surface area contributed by atoms with Gasteiger partial charge in [0.15, 0.2) is 0 Å². The quantitative estimate of drug-likeness (QED) is 0.593. The smallest absolute Gasteiger partial charge is 0.374 e. The van der Waals surface area contributed by atoms with Gasteiger partial charge in [0, 0.05) is 6.04 Å². The first-order chi connectivity index (χ1) is 12.5. The minimum absolute atomic E-state index is 0.290. The second-order valence-electron chi connectivity index (χ2n) is 6.16. The number of imide groups is 1. The SMILES string of the molecule is Nc1nnc(S(=O)(=O)NC2(C(F)(F)F)NC(=O)N(C3CCCCC3)C2=O)s1. The van der Waals surface area contributed by atoms with Gasteiger partial charge in [0.05, 0.1) is 0 Å². The van der Waals surface area contributed by atoms with Gasteiger partial charge in [0.2, 0.25) is 9.47 Å². The zero-order chi connectivity index (χ0) is 20.0. The molecule has 1 unspecified atom stereocenters. The summed E-state index contributed by atoms with van der Waals surface area (Å²) < 4.78 is 66.4. The van der Waals surface area contributed by atoms with Crippen molar-refractivity contribution in [1.82, 2.24) is 25.1 Å². The predicted octanol–water partition coefficient (Wildman–Crippen LogP) is 0.542. The van der Waals surface area contributed by atoms with Crippen LogP contribution >= 0.6 is 11.3 Å². The van der Waals surface area contributed by atoms with E-state index < -0.39 is 44.2 Å². The molecule has 27 heavy (non-hydrogen) atoms. The van der Waals surface area contributed by atoms with Crippen molar-refractivity contribution in [1.29, 1.82) is 0 Å². The molecule has 4 N–H and O–H groups in total. The molecule has 1 aliphatic heterocycles. The van der Waals surface area contributed by atoms with Gasteiger partial charge < -0.3 is 11.1 Å². The van der Waals surface area contributed by atoms with Crippen molar-refractivity contribution in [2.24, 2.45) is 0 Å². The zero-order valence-electron chi connectivity index (χ0n) is 13.6. The summed E-state index contributed by atoms with van der Waals surface area (Å²) in [6, 6.07) is -2.03. The number of alkyl halides is 3. The Bertz CT molecular complexity index is 867. The summed E-state index contributed by atoms with van der Waals surface area (Å²) >= 11 is 0.318. The Kier molecular flexibility index (Phi) is 4.80. The third-order valence-corrected chi connectivity index (χ3v) is 6.93. The number of nitrogens with zero attached hydrogens (tertiary/aromatic N) is 3. The van der Waals surface area contributed by atoms with Crippen LogP contribution in [0.3, 0.4) is 0 Å². The lowest BCUT2D eigenvalue weighted by Gasteiger charge is -2.31. The molecule has 1 aliphatic carbocycles. The average Bonchev–Trinajstić information content (AvgIpc) is 3.11. The third kappa shape index (κ3) is 3.34. The minimum atomic E-state index is -5.44. The summed E-state index contributed by atoms with van der Waals surface area (Å²) in [5.41, 5.74) is 1.44. The molecule has 0 spiro atoms. The van der Waals surface area contributed by atoms with Gasteiger partial charge in [-0.05, 0) is 12.8 Å². The Morgan fingerprint density at radius 3 is 2.37 bits per heavy atom. The molecule has 0 aromatic carbocycles. The number of aromatic nitrogens is 2. The Morgan fingerprint density at radius 1 is 1.22 bits per heavy atom. The highest BCUT2D eigenvalue weighted by Crippen LogP contribution is 2.37. The van der Waals surface area contributed by atoms with E-state index >= 15 is 0 Å². The molecule has 10 nitrogen and oxygen atoms in total. The Labute approximate surface area is 155 Å². The molecular weight excluding hydrogens is 413 g/mol. The highest BCUT2D eigenvalue weighted by molar-refractivity contribution is 7.91. The Hall–Kier alpha value is -2.00. The van der Waals surface area contributed by atoms with Crippen molar-refractivity contribution in [3.05, 3.63) is 0 Å². The maximum Gasteiger partial charge on any atom is 0.435 e. The normalized spacial score (nSPS) is 25.1. The van der Waals surface area contributed by atoms with Crippen molar-refractivity contribution in [3.63, 3.8) is 0 Å². The van der Waals surface area contributed by atoms with Gasteiger partial charge in [0.25, 0.3) is 21.6 Å². The van der Waals surface area contributed by atoms with E-state index in [2.05, 4.69) is 10.2 Å². The highest BCUT2D eigenvalue weighted by atomic mass is 32.2. The number of amides is 3. The molecule has 15 heteroatoms. The molecule has 1 saturated carbocycles. The van der Waals surface area contributed by atoms with Crippen LogP contribution in [0.4, 0.5) is 23.1 Å². The monoisotopic (exact) mass is 428 g/mol. The molecular formula is C12H15F3N6O4S2. The van der Waals surface area contributed by atoms with Crippen LogP contribution in [0.2, 0.25) is 0 Å². The third-order valence-electron chi connectivity index (χ3n) is 4.36. The van der Waals surface area contributed by atoms with Crippen LogP contribution < -0.4 is 15.8 Å². The zero-order valence-corrected chi connectivity index (χ0v) is 15.2. The van der Waals surface area contributed by atoms with E-state index in [0.29, 0.717) is 41.9 Å². The van der Waals surface area contributed by atoms with E-state index in [4.69, 9.17) is 5.73 Å². The fourth-order valence-corrected chi connectivity index (χ4v) is 5.17. The molecule has 3 rings (SSSR count). The maximum absolute atomic E-state index is 13.8. The van der Waals surface area contributed by atoms with Crippen LogP contribution in [0.15, 0.2) is 4.34 Å². The Morgan fingerprint density at radius 2 is 1.85 bits per heavy atom. The summed E-state index contributed by atoms with van der Waals surface area (Å²) in [6.07, 6.45) is -2.59. The maximum atomic E-state index is 13.8. The van der Waals surface area contributed by atoms with Crippen LogP contribution in [0.1, 0.15) is 32.1 Å². The fourth-order valence-electron chi connectivity index (χ4n) is 3.11. The number of rotatable bonds is 4. The molecule has 2 heterocycles. The fraction of sp³-hybridized carbons (Fsp3) is 0.667. The summed E-state index contributed by atoms with van der Waals surface area (Å²) in [4.78, 5) is 25.3. The molecule has 2 fully saturated rings. The van der Waals surface area contributed by atoms with Crippen LogP contribution in [0, 0.1) is 0 Å². The number of hydrogen-bond donors (Lipinski definition) is 3. The van der Waals surface area contributed by atoms with Gasteiger partial charge in [-0.15, -0.1) is 10.2 Å². The van der Waals surface area contributed by atoms with E-state index in [9.17, 15) is 31.2 Å². The van der Waals surface area contributed by atoms with E-state index in [1.165, 1.54) is 10.0 Å². The first-order valence-corrected chi connectivity index (χ1v) is 10.1. The van der Waals surface area contributed by atoms with Gasteiger partial charge in [-0.3, -0.25) is 9.69 Å². The largest absolute Gasteiger partial charge is 0.435 e. The first-order valence-electron chi connectivity index (χ1n) is 7.83. The molecule has 1 aromatic rings. The number of nitrogen functional groups attached to an aromatic ring is 1. The van der Waals surface area contributed by atoms with E-state index in [0.717, 1.165) is 6.42 Å². The molecule has 0 radical (unpaired) electrons. The van der Waals surface area contributed by atoms with Crippen LogP contribution in [-0.2, 0) is 14.8 Å². The molecule has 1 aromatic heterocycles. The molecule has 0 bridgehead atoms. The number of nitrogens with one attached hydrogen (secondary N) is 2. The van der Waals surface area contributed by atoms with Crippen molar-refractivity contribution >= 4 is 38.4 Å². The minimum Gasteiger partial charge on any atom is -0.374 e. The van der Waals surface area contributed by atoms with Gasteiger partial charge in [-0.1, -0.05) is 30.6 Å². The van der Waals surface area contributed by atoms with E-state index in [1.807, 2.05) is 0 Å². The highest BCUT2D eigenvalue weighted by Gasteiger charge is 2.70. The molecule has 3 amide bonds. The summed E-state index contributed by atoms with van der Waals surface area (Å²) in [6.45, 7) is 0. The van der Waals surface area contributed by atoms with Crippen molar-refractivity contribution in [2.45, 2.75) is 54.3 Å². The van der Waals surface area contributed by atoms with Gasteiger partial charge >= 0.3 is 12.2 Å². The first kappa shape index (κ1) is 19.8. The number of halogens is 3. The predicted molar refractivity (Wildman–Crippen MR) is 85.7 cm³/mol.